The summed E-state index contributed by atoms with van der Waals surface area (Å²) in [5.74, 6) is 1.39. The first-order chi connectivity index (χ1) is 8.26. The zero-order valence-electron chi connectivity index (χ0n) is 10.8. The van der Waals surface area contributed by atoms with Crippen molar-refractivity contribution in [3.8, 4) is 5.75 Å². The minimum absolute atomic E-state index is 0.0840. The van der Waals surface area contributed by atoms with Crippen molar-refractivity contribution in [2.75, 3.05) is 23.5 Å². The van der Waals surface area contributed by atoms with Gasteiger partial charge in [0.05, 0.1) is 11.9 Å². The highest BCUT2D eigenvalue weighted by molar-refractivity contribution is 8.00. The van der Waals surface area contributed by atoms with Crippen LogP contribution in [0.5, 0.6) is 5.75 Å². The van der Waals surface area contributed by atoms with Gasteiger partial charge in [-0.25, -0.2) is 8.42 Å². The molecule has 4 nitrogen and oxygen atoms in total. The van der Waals surface area contributed by atoms with Gasteiger partial charge in [-0.05, 0) is 26.0 Å². The normalized spacial score (nSPS) is 11.8. The molecule has 0 aromatic heterocycles. The Bertz CT molecular complexity index is 498. The molecule has 6 heteroatoms. The number of thioether (sulfide) groups is 1. The first-order valence-corrected chi connectivity index (χ1v) is 8.68. The van der Waals surface area contributed by atoms with Crippen LogP contribution in [0.25, 0.3) is 0 Å². The van der Waals surface area contributed by atoms with E-state index in [1.54, 1.807) is 6.07 Å². The molecule has 102 valence electrons. The maximum Gasteiger partial charge on any atom is 0.148 e. The SMILES string of the molecule is CC(C)Oc1cc(N)cc(SCCS(C)(=O)=O)c1. The van der Waals surface area contributed by atoms with Gasteiger partial charge < -0.3 is 10.5 Å². The largest absolute Gasteiger partial charge is 0.491 e. The molecule has 0 unspecified atom stereocenters. The molecule has 0 aliphatic heterocycles. The van der Waals surface area contributed by atoms with E-state index in [2.05, 4.69) is 0 Å². The van der Waals surface area contributed by atoms with Crippen LogP contribution in [0, 0.1) is 0 Å². The van der Waals surface area contributed by atoms with E-state index in [0.717, 1.165) is 4.90 Å². The number of nitrogen functional groups attached to an aromatic ring is 1. The van der Waals surface area contributed by atoms with Crippen LogP contribution in [0.1, 0.15) is 13.8 Å². The molecule has 0 saturated carbocycles. The highest BCUT2D eigenvalue weighted by atomic mass is 32.2. The smallest absolute Gasteiger partial charge is 0.148 e. The van der Waals surface area contributed by atoms with Crippen molar-refractivity contribution in [3.63, 3.8) is 0 Å². The van der Waals surface area contributed by atoms with Crippen LogP contribution in [0.3, 0.4) is 0 Å². The number of hydrogen-bond acceptors (Lipinski definition) is 5. The molecule has 1 rings (SSSR count). The molecular formula is C12H19NO3S2. The molecule has 0 saturated heterocycles. The Balaban J connectivity index is 2.68. The average Bonchev–Trinajstić information content (AvgIpc) is 2.12. The molecule has 0 radical (unpaired) electrons. The summed E-state index contributed by atoms with van der Waals surface area (Å²) >= 11 is 1.46. The first kappa shape index (κ1) is 15.2. The number of ether oxygens (including phenoxy) is 1. The number of hydrogen-bond donors (Lipinski definition) is 1. The Morgan fingerprint density at radius 2 is 2.00 bits per heavy atom. The van der Waals surface area contributed by atoms with Gasteiger partial charge in [-0.2, -0.15) is 0 Å². The molecule has 0 atom stereocenters. The summed E-state index contributed by atoms with van der Waals surface area (Å²) in [4.78, 5) is 0.925. The molecule has 2 N–H and O–H groups in total. The number of benzene rings is 1. The number of nitrogens with two attached hydrogens (primary N) is 1. The second kappa shape index (κ2) is 6.33. The predicted molar refractivity (Wildman–Crippen MR) is 77.1 cm³/mol. The summed E-state index contributed by atoms with van der Waals surface area (Å²) in [6.45, 7) is 3.89. The second-order valence-electron chi connectivity index (χ2n) is 4.38. The van der Waals surface area contributed by atoms with Gasteiger partial charge in [-0.15, -0.1) is 11.8 Å². The standard InChI is InChI=1S/C12H19NO3S2/c1-9(2)16-11-6-10(13)7-12(8-11)17-4-5-18(3,14)15/h6-9H,4-5,13H2,1-3H3. The van der Waals surface area contributed by atoms with Crippen molar-refractivity contribution in [3.05, 3.63) is 18.2 Å². The van der Waals surface area contributed by atoms with Crippen LogP contribution in [0.4, 0.5) is 5.69 Å². The van der Waals surface area contributed by atoms with Gasteiger partial charge in [0, 0.05) is 28.7 Å². The lowest BCUT2D eigenvalue weighted by atomic mass is 10.3. The summed E-state index contributed by atoms with van der Waals surface area (Å²) in [6, 6.07) is 5.46. The van der Waals surface area contributed by atoms with E-state index in [4.69, 9.17) is 10.5 Å². The monoisotopic (exact) mass is 289 g/mol. The second-order valence-corrected chi connectivity index (χ2v) is 7.81. The van der Waals surface area contributed by atoms with Crippen LogP contribution in [-0.4, -0.2) is 32.3 Å². The van der Waals surface area contributed by atoms with Crippen LogP contribution in [0.15, 0.2) is 23.1 Å². The summed E-state index contributed by atoms with van der Waals surface area (Å²) in [5.41, 5.74) is 6.40. The molecule has 0 bridgehead atoms. The van der Waals surface area contributed by atoms with Gasteiger partial charge in [0.2, 0.25) is 0 Å². The van der Waals surface area contributed by atoms with E-state index in [0.29, 0.717) is 17.2 Å². The molecular weight excluding hydrogens is 270 g/mol. The minimum Gasteiger partial charge on any atom is -0.491 e. The van der Waals surface area contributed by atoms with Gasteiger partial charge in [-0.1, -0.05) is 0 Å². The van der Waals surface area contributed by atoms with Crippen molar-refractivity contribution in [2.24, 2.45) is 0 Å². The molecule has 0 heterocycles. The third kappa shape index (κ3) is 6.16. The van der Waals surface area contributed by atoms with Crippen molar-refractivity contribution in [1.82, 2.24) is 0 Å². The van der Waals surface area contributed by atoms with Crippen molar-refractivity contribution in [2.45, 2.75) is 24.8 Å². The van der Waals surface area contributed by atoms with Gasteiger partial charge in [0.1, 0.15) is 15.6 Å². The number of rotatable bonds is 6. The van der Waals surface area contributed by atoms with Gasteiger partial charge in [0.15, 0.2) is 0 Å². The fraction of sp³-hybridized carbons (Fsp3) is 0.500. The lowest BCUT2D eigenvalue weighted by Crippen LogP contribution is -2.06. The predicted octanol–water partition coefficient (Wildman–Crippen LogP) is 2.19. The molecule has 0 aliphatic rings. The minimum atomic E-state index is -2.92. The highest BCUT2D eigenvalue weighted by Gasteiger charge is 2.05. The fourth-order valence-electron chi connectivity index (χ4n) is 1.33. The zero-order chi connectivity index (χ0) is 13.8. The Labute approximate surface area is 113 Å². The Morgan fingerprint density at radius 1 is 1.33 bits per heavy atom. The van der Waals surface area contributed by atoms with E-state index in [1.807, 2.05) is 26.0 Å². The van der Waals surface area contributed by atoms with Crippen LogP contribution < -0.4 is 10.5 Å². The highest BCUT2D eigenvalue weighted by Crippen LogP contribution is 2.27. The molecule has 1 aromatic carbocycles. The number of sulfone groups is 1. The van der Waals surface area contributed by atoms with Crippen LogP contribution >= 0.6 is 11.8 Å². The van der Waals surface area contributed by atoms with Crippen LogP contribution in [-0.2, 0) is 9.84 Å². The summed E-state index contributed by atoms with van der Waals surface area (Å²) in [5, 5.41) is 0. The molecule has 0 aliphatic carbocycles. The van der Waals surface area contributed by atoms with E-state index in [-0.39, 0.29) is 11.9 Å². The molecule has 18 heavy (non-hydrogen) atoms. The number of anilines is 1. The lowest BCUT2D eigenvalue weighted by Gasteiger charge is -2.12. The lowest BCUT2D eigenvalue weighted by molar-refractivity contribution is 0.242. The van der Waals surface area contributed by atoms with E-state index >= 15 is 0 Å². The Morgan fingerprint density at radius 3 is 2.56 bits per heavy atom. The van der Waals surface area contributed by atoms with E-state index in [1.165, 1.54) is 18.0 Å². The summed E-state index contributed by atoms with van der Waals surface area (Å²) in [6.07, 6.45) is 1.32. The molecule has 0 amide bonds. The summed E-state index contributed by atoms with van der Waals surface area (Å²) < 4.78 is 27.6. The van der Waals surface area contributed by atoms with Gasteiger partial charge in [-0.3, -0.25) is 0 Å². The zero-order valence-corrected chi connectivity index (χ0v) is 12.5. The average molecular weight is 289 g/mol. The summed E-state index contributed by atoms with van der Waals surface area (Å²) in [7, 11) is -2.92. The van der Waals surface area contributed by atoms with Crippen molar-refractivity contribution in [1.29, 1.82) is 0 Å². The van der Waals surface area contributed by atoms with E-state index < -0.39 is 9.84 Å². The fourth-order valence-corrected chi connectivity index (χ4v) is 3.53. The third-order valence-electron chi connectivity index (χ3n) is 2.00. The Kier molecular flexibility index (Phi) is 5.34. The van der Waals surface area contributed by atoms with Gasteiger partial charge >= 0.3 is 0 Å². The molecule has 1 aromatic rings. The maximum atomic E-state index is 11.0. The molecule has 0 spiro atoms. The van der Waals surface area contributed by atoms with Crippen molar-refractivity contribution >= 4 is 27.3 Å². The molecule has 0 fully saturated rings. The topological polar surface area (TPSA) is 69.4 Å². The quantitative estimate of drug-likeness (QED) is 0.642. The van der Waals surface area contributed by atoms with Gasteiger partial charge in [0.25, 0.3) is 0 Å². The van der Waals surface area contributed by atoms with E-state index in [9.17, 15) is 8.42 Å². The third-order valence-corrected chi connectivity index (χ3v) is 4.18. The van der Waals surface area contributed by atoms with Crippen LogP contribution in [0.2, 0.25) is 0 Å². The maximum absolute atomic E-state index is 11.0. The Hall–Kier alpha value is -0.880. The van der Waals surface area contributed by atoms with Crippen molar-refractivity contribution < 1.29 is 13.2 Å². The first-order valence-electron chi connectivity index (χ1n) is 5.64.